The van der Waals surface area contributed by atoms with Gasteiger partial charge in [0.05, 0.1) is 5.56 Å². The molecule has 24 heavy (non-hydrogen) atoms. The summed E-state index contributed by atoms with van der Waals surface area (Å²) in [7, 11) is 0. The van der Waals surface area contributed by atoms with Crippen LogP contribution in [0, 0.1) is 0 Å². The van der Waals surface area contributed by atoms with Crippen LogP contribution in [0.15, 0.2) is 42.6 Å². The topological polar surface area (TPSA) is 86.6 Å². The quantitative estimate of drug-likeness (QED) is 0.920. The summed E-state index contributed by atoms with van der Waals surface area (Å²) in [5, 5.41) is 16.9. The first-order chi connectivity index (χ1) is 11.6. The van der Waals surface area contributed by atoms with E-state index in [-0.39, 0.29) is 11.5 Å². The summed E-state index contributed by atoms with van der Waals surface area (Å²) < 4.78 is 0. The van der Waals surface area contributed by atoms with Crippen molar-refractivity contribution in [2.75, 3.05) is 31.1 Å². The summed E-state index contributed by atoms with van der Waals surface area (Å²) in [5.41, 5.74) is 0.684. The molecule has 0 bridgehead atoms. The zero-order valence-corrected chi connectivity index (χ0v) is 13.1. The highest BCUT2D eigenvalue weighted by Crippen LogP contribution is 2.14. The highest BCUT2D eigenvalue weighted by atomic mass is 16.4. The molecule has 0 atom stereocenters. The average Bonchev–Trinajstić information content (AvgIpc) is 2.88. The van der Waals surface area contributed by atoms with Crippen molar-refractivity contribution < 1.29 is 14.7 Å². The van der Waals surface area contributed by atoms with E-state index in [1.807, 2.05) is 12.1 Å². The Balaban J connectivity index is 1.67. The Morgan fingerprint density at radius 3 is 2.38 bits per heavy atom. The first kappa shape index (κ1) is 15.9. The molecule has 0 saturated carbocycles. The highest BCUT2D eigenvalue weighted by molar-refractivity contribution is 5.96. The Labute approximate surface area is 139 Å². The Kier molecular flexibility index (Phi) is 4.69. The van der Waals surface area contributed by atoms with Gasteiger partial charge in [0.2, 0.25) is 0 Å². The third kappa shape index (κ3) is 3.51. The van der Waals surface area contributed by atoms with Gasteiger partial charge in [0.1, 0.15) is 0 Å². The Bertz CT molecular complexity index is 718. The van der Waals surface area contributed by atoms with E-state index in [4.69, 9.17) is 5.11 Å². The SMILES string of the molecule is O=C(O)c1ccc(C(=O)N2CCCN(c3cccnn3)CC2)cc1. The van der Waals surface area contributed by atoms with Crippen LogP contribution in [0.2, 0.25) is 0 Å². The zero-order valence-electron chi connectivity index (χ0n) is 13.1. The average molecular weight is 326 g/mol. The van der Waals surface area contributed by atoms with Gasteiger partial charge in [0.15, 0.2) is 5.82 Å². The minimum atomic E-state index is -0.997. The molecule has 3 rings (SSSR count). The number of anilines is 1. The smallest absolute Gasteiger partial charge is 0.335 e. The summed E-state index contributed by atoms with van der Waals surface area (Å²) in [6, 6.07) is 9.81. The second kappa shape index (κ2) is 7.08. The van der Waals surface area contributed by atoms with Crippen molar-refractivity contribution in [2.24, 2.45) is 0 Å². The van der Waals surface area contributed by atoms with E-state index in [0.717, 1.165) is 18.8 Å². The van der Waals surface area contributed by atoms with Crippen LogP contribution in [-0.4, -0.2) is 58.3 Å². The van der Waals surface area contributed by atoms with Crippen LogP contribution in [-0.2, 0) is 0 Å². The fourth-order valence-corrected chi connectivity index (χ4v) is 2.75. The van der Waals surface area contributed by atoms with Gasteiger partial charge in [0, 0.05) is 37.9 Å². The number of amides is 1. The van der Waals surface area contributed by atoms with Crippen molar-refractivity contribution in [3.63, 3.8) is 0 Å². The number of carboxylic acid groups (broad SMARTS) is 1. The first-order valence-corrected chi connectivity index (χ1v) is 7.80. The standard InChI is InChI=1S/C17H18N4O3/c22-16(13-4-6-14(7-5-13)17(23)24)21-10-2-9-20(11-12-21)15-3-1-8-18-19-15/h1,3-8H,2,9-12H2,(H,23,24). The number of carboxylic acids is 1. The van der Waals surface area contributed by atoms with Gasteiger partial charge in [-0.05, 0) is 42.8 Å². The van der Waals surface area contributed by atoms with Gasteiger partial charge in [-0.3, -0.25) is 4.79 Å². The lowest BCUT2D eigenvalue weighted by Gasteiger charge is -2.22. The summed E-state index contributed by atoms with van der Waals surface area (Å²) >= 11 is 0. The molecule has 1 saturated heterocycles. The number of carbonyl (C=O) groups is 2. The van der Waals surface area contributed by atoms with Gasteiger partial charge in [-0.15, -0.1) is 5.10 Å². The number of aromatic carboxylic acids is 1. The van der Waals surface area contributed by atoms with Crippen LogP contribution < -0.4 is 4.90 Å². The Morgan fingerprint density at radius 2 is 1.71 bits per heavy atom. The van der Waals surface area contributed by atoms with Crippen molar-refractivity contribution in [1.82, 2.24) is 15.1 Å². The van der Waals surface area contributed by atoms with Gasteiger partial charge in [-0.2, -0.15) is 5.10 Å². The van der Waals surface area contributed by atoms with Gasteiger partial charge < -0.3 is 14.9 Å². The minimum absolute atomic E-state index is 0.0760. The lowest BCUT2D eigenvalue weighted by Crippen LogP contribution is -2.35. The van der Waals surface area contributed by atoms with E-state index in [2.05, 4.69) is 15.1 Å². The molecule has 1 aliphatic rings. The van der Waals surface area contributed by atoms with Crippen molar-refractivity contribution >= 4 is 17.7 Å². The van der Waals surface area contributed by atoms with Crippen LogP contribution in [0.4, 0.5) is 5.82 Å². The van der Waals surface area contributed by atoms with Crippen molar-refractivity contribution in [3.8, 4) is 0 Å². The van der Waals surface area contributed by atoms with Crippen LogP contribution in [0.25, 0.3) is 0 Å². The molecule has 1 aromatic heterocycles. The van der Waals surface area contributed by atoms with Gasteiger partial charge >= 0.3 is 5.97 Å². The molecule has 1 aliphatic heterocycles. The molecule has 1 fully saturated rings. The molecule has 0 spiro atoms. The summed E-state index contributed by atoms with van der Waals surface area (Å²) in [6.45, 7) is 2.77. The maximum Gasteiger partial charge on any atom is 0.335 e. The van der Waals surface area contributed by atoms with E-state index in [1.54, 1.807) is 23.2 Å². The number of rotatable bonds is 3. The molecular weight excluding hydrogens is 308 g/mol. The normalized spacial score (nSPS) is 15.0. The number of carbonyl (C=O) groups excluding carboxylic acids is 1. The van der Waals surface area contributed by atoms with Crippen LogP contribution in [0.3, 0.4) is 0 Å². The lowest BCUT2D eigenvalue weighted by molar-refractivity contribution is 0.0694. The predicted molar refractivity (Wildman–Crippen MR) is 88.2 cm³/mol. The summed E-state index contributed by atoms with van der Waals surface area (Å²) in [6.07, 6.45) is 2.48. The van der Waals surface area contributed by atoms with Crippen LogP contribution >= 0.6 is 0 Å². The third-order valence-corrected chi connectivity index (χ3v) is 4.04. The van der Waals surface area contributed by atoms with E-state index < -0.39 is 5.97 Å². The minimum Gasteiger partial charge on any atom is -0.478 e. The fourth-order valence-electron chi connectivity index (χ4n) is 2.75. The summed E-state index contributed by atoms with van der Waals surface area (Å²) in [5.74, 6) is -0.256. The fraction of sp³-hybridized carbons (Fsp3) is 0.294. The lowest BCUT2D eigenvalue weighted by atomic mass is 10.1. The highest BCUT2D eigenvalue weighted by Gasteiger charge is 2.21. The maximum absolute atomic E-state index is 12.6. The van der Waals surface area contributed by atoms with E-state index in [1.165, 1.54) is 12.1 Å². The molecule has 0 aliphatic carbocycles. The summed E-state index contributed by atoms with van der Waals surface area (Å²) in [4.78, 5) is 27.4. The van der Waals surface area contributed by atoms with E-state index in [9.17, 15) is 9.59 Å². The molecule has 124 valence electrons. The molecule has 2 heterocycles. The molecule has 7 heteroatoms. The molecular formula is C17H18N4O3. The number of hydrogen-bond donors (Lipinski definition) is 1. The monoisotopic (exact) mass is 326 g/mol. The largest absolute Gasteiger partial charge is 0.478 e. The van der Waals surface area contributed by atoms with Crippen molar-refractivity contribution in [3.05, 3.63) is 53.7 Å². The molecule has 0 unspecified atom stereocenters. The van der Waals surface area contributed by atoms with Crippen LogP contribution in [0.1, 0.15) is 27.1 Å². The molecule has 2 aromatic rings. The van der Waals surface area contributed by atoms with Gasteiger partial charge in [-0.25, -0.2) is 4.79 Å². The van der Waals surface area contributed by atoms with E-state index in [0.29, 0.717) is 25.2 Å². The molecule has 7 nitrogen and oxygen atoms in total. The van der Waals surface area contributed by atoms with Crippen molar-refractivity contribution in [2.45, 2.75) is 6.42 Å². The van der Waals surface area contributed by atoms with Gasteiger partial charge in [-0.1, -0.05) is 0 Å². The van der Waals surface area contributed by atoms with Gasteiger partial charge in [0.25, 0.3) is 5.91 Å². The Morgan fingerprint density at radius 1 is 0.958 bits per heavy atom. The number of benzene rings is 1. The van der Waals surface area contributed by atoms with E-state index >= 15 is 0 Å². The van der Waals surface area contributed by atoms with Crippen molar-refractivity contribution in [1.29, 1.82) is 0 Å². The third-order valence-electron chi connectivity index (χ3n) is 4.04. The van der Waals surface area contributed by atoms with Crippen LogP contribution in [0.5, 0.6) is 0 Å². The number of hydrogen-bond acceptors (Lipinski definition) is 5. The zero-order chi connectivity index (χ0) is 16.9. The molecule has 1 aromatic carbocycles. The first-order valence-electron chi connectivity index (χ1n) is 7.80. The number of aromatic nitrogens is 2. The Hall–Kier alpha value is -2.96. The second-order valence-electron chi connectivity index (χ2n) is 5.60. The molecule has 1 N–H and O–H groups in total. The maximum atomic E-state index is 12.6. The molecule has 1 amide bonds. The molecule has 0 radical (unpaired) electrons. The predicted octanol–water partition coefficient (Wildman–Crippen LogP) is 1.53. The number of nitrogens with zero attached hydrogens (tertiary/aromatic N) is 4. The second-order valence-corrected chi connectivity index (χ2v) is 5.60.